The van der Waals surface area contributed by atoms with E-state index >= 15 is 0 Å². The Morgan fingerprint density at radius 3 is 2.27 bits per heavy atom. The predicted molar refractivity (Wildman–Crippen MR) is 47.5 cm³/mol. The summed E-state index contributed by atoms with van der Waals surface area (Å²) in [5, 5.41) is 0. The van der Waals surface area contributed by atoms with Crippen molar-refractivity contribution in [3.05, 3.63) is 0 Å². The molecular weight excluding hydrogens is 134 g/mol. The van der Waals surface area contributed by atoms with Gasteiger partial charge in [-0.15, -0.1) is 0 Å². The molecule has 64 valence electrons. The molecule has 3 atom stereocenters. The van der Waals surface area contributed by atoms with E-state index in [0.717, 1.165) is 23.9 Å². The summed E-state index contributed by atoms with van der Waals surface area (Å²) in [7, 11) is 2.31. The number of rotatable bonds is 1. The molecule has 0 aliphatic carbocycles. The van der Waals surface area contributed by atoms with Crippen molar-refractivity contribution in [3.63, 3.8) is 0 Å². The van der Waals surface area contributed by atoms with E-state index < -0.39 is 0 Å². The molecule has 2 rings (SSSR count). The minimum atomic E-state index is 0.896. The van der Waals surface area contributed by atoms with Gasteiger partial charge in [0.05, 0.1) is 0 Å². The van der Waals surface area contributed by atoms with Gasteiger partial charge in [-0.25, -0.2) is 0 Å². The van der Waals surface area contributed by atoms with Crippen molar-refractivity contribution < 1.29 is 0 Å². The zero-order valence-electron chi connectivity index (χ0n) is 7.88. The van der Waals surface area contributed by atoms with Gasteiger partial charge in [-0.3, -0.25) is 0 Å². The second kappa shape index (κ2) is 2.48. The van der Waals surface area contributed by atoms with Crippen LogP contribution in [-0.4, -0.2) is 24.0 Å². The summed E-state index contributed by atoms with van der Waals surface area (Å²) in [5.41, 5.74) is 0. The lowest BCUT2D eigenvalue weighted by atomic mass is 9.82. The average Bonchev–Trinajstić information content (AvgIpc) is 2.46. The molecule has 2 heterocycles. The van der Waals surface area contributed by atoms with E-state index in [2.05, 4.69) is 25.8 Å². The number of nitrogens with zero attached hydrogens (tertiary/aromatic N) is 1. The van der Waals surface area contributed by atoms with Crippen LogP contribution in [0.5, 0.6) is 0 Å². The lowest BCUT2D eigenvalue weighted by molar-refractivity contribution is 0.254. The second-order valence-corrected chi connectivity index (χ2v) is 4.61. The maximum atomic E-state index is 2.62. The summed E-state index contributed by atoms with van der Waals surface area (Å²) in [6.45, 7) is 4.75. The SMILES string of the molecule is CC(C)[C@@H]1C[C@@H]2CC[C@H]1N2C. The van der Waals surface area contributed by atoms with Crippen molar-refractivity contribution >= 4 is 0 Å². The Bertz CT molecular complexity index is 153. The van der Waals surface area contributed by atoms with Gasteiger partial charge in [0.2, 0.25) is 0 Å². The summed E-state index contributed by atoms with van der Waals surface area (Å²) in [6, 6.07) is 1.87. The normalized spacial score (nSPS) is 44.2. The van der Waals surface area contributed by atoms with Crippen LogP contribution >= 0.6 is 0 Å². The first-order chi connectivity index (χ1) is 5.20. The first kappa shape index (κ1) is 7.60. The summed E-state index contributed by atoms with van der Waals surface area (Å²) in [6.07, 6.45) is 4.40. The quantitative estimate of drug-likeness (QED) is 0.558. The van der Waals surface area contributed by atoms with Crippen LogP contribution in [0.2, 0.25) is 0 Å². The van der Waals surface area contributed by atoms with E-state index in [9.17, 15) is 0 Å². The van der Waals surface area contributed by atoms with Crippen LogP contribution in [0.25, 0.3) is 0 Å². The minimum absolute atomic E-state index is 0.896. The van der Waals surface area contributed by atoms with Gasteiger partial charge in [0, 0.05) is 12.1 Å². The van der Waals surface area contributed by atoms with Crippen molar-refractivity contribution in [2.45, 2.75) is 45.2 Å². The van der Waals surface area contributed by atoms with Gasteiger partial charge >= 0.3 is 0 Å². The van der Waals surface area contributed by atoms with Crippen LogP contribution in [0.3, 0.4) is 0 Å². The van der Waals surface area contributed by atoms with Crippen molar-refractivity contribution in [2.75, 3.05) is 7.05 Å². The van der Waals surface area contributed by atoms with Gasteiger partial charge in [0.15, 0.2) is 0 Å². The molecule has 0 saturated carbocycles. The standard InChI is InChI=1S/C10H19N/c1-7(2)9-6-8-4-5-10(9)11(8)3/h7-10H,4-6H2,1-3H3/t8-,9-,10+/m0/s1. The van der Waals surface area contributed by atoms with Crippen LogP contribution in [-0.2, 0) is 0 Å². The van der Waals surface area contributed by atoms with Crippen LogP contribution < -0.4 is 0 Å². The molecule has 0 amide bonds. The molecule has 0 aromatic heterocycles. The molecule has 0 radical (unpaired) electrons. The van der Waals surface area contributed by atoms with Crippen LogP contribution in [0.15, 0.2) is 0 Å². The molecule has 0 spiro atoms. The average molecular weight is 153 g/mol. The highest BCUT2D eigenvalue weighted by Crippen LogP contribution is 2.43. The van der Waals surface area contributed by atoms with Crippen LogP contribution in [0.1, 0.15) is 33.1 Å². The fourth-order valence-electron chi connectivity index (χ4n) is 3.03. The summed E-state index contributed by atoms with van der Waals surface area (Å²) in [4.78, 5) is 2.62. The molecule has 1 nitrogen and oxygen atoms in total. The lowest BCUT2D eigenvalue weighted by Crippen LogP contribution is -2.28. The summed E-state index contributed by atoms with van der Waals surface area (Å²) >= 11 is 0. The van der Waals surface area contributed by atoms with Gasteiger partial charge in [0.25, 0.3) is 0 Å². The topological polar surface area (TPSA) is 3.24 Å². The van der Waals surface area contributed by atoms with E-state index in [0.29, 0.717) is 0 Å². The molecule has 2 aliphatic rings. The molecule has 2 bridgehead atoms. The fourth-order valence-corrected chi connectivity index (χ4v) is 3.03. The second-order valence-electron chi connectivity index (χ2n) is 4.61. The molecule has 0 aromatic rings. The molecule has 2 fully saturated rings. The van der Waals surface area contributed by atoms with Crippen LogP contribution in [0, 0.1) is 11.8 Å². The molecule has 2 saturated heterocycles. The Morgan fingerprint density at radius 1 is 1.27 bits per heavy atom. The van der Waals surface area contributed by atoms with Crippen molar-refractivity contribution in [3.8, 4) is 0 Å². The van der Waals surface area contributed by atoms with E-state index in [1.165, 1.54) is 19.3 Å². The zero-order chi connectivity index (χ0) is 8.01. The zero-order valence-corrected chi connectivity index (χ0v) is 7.88. The predicted octanol–water partition coefficient (Wildman–Crippen LogP) is 2.13. The highest BCUT2D eigenvalue weighted by molar-refractivity contribution is 4.99. The summed E-state index contributed by atoms with van der Waals surface area (Å²) < 4.78 is 0. The third-order valence-corrected chi connectivity index (χ3v) is 3.79. The lowest BCUT2D eigenvalue weighted by Gasteiger charge is -2.24. The Labute approximate surface area is 69.8 Å². The first-order valence-corrected chi connectivity index (χ1v) is 4.92. The fraction of sp³-hybridized carbons (Fsp3) is 1.00. The van der Waals surface area contributed by atoms with Gasteiger partial charge in [-0.1, -0.05) is 13.8 Å². The van der Waals surface area contributed by atoms with Crippen molar-refractivity contribution in [2.24, 2.45) is 11.8 Å². The Morgan fingerprint density at radius 2 is 2.00 bits per heavy atom. The number of hydrogen-bond acceptors (Lipinski definition) is 1. The minimum Gasteiger partial charge on any atom is -0.300 e. The number of fused-ring (bicyclic) bond motifs is 2. The van der Waals surface area contributed by atoms with Gasteiger partial charge in [0.1, 0.15) is 0 Å². The molecule has 0 unspecified atom stereocenters. The smallest absolute Gasteiger partial charge is 0.0127 e. The van der Waals surface area contributed by atoms with Gasteiger partial charge in [-0.05, 0) is 38.1 Å². The molecule has 0 N–H and O–H groups in total. The van der Waals surface area contributed by atoms with Crippen molar-refractivity contribution in [1.82, 2.24) is 4.90 Å². The highest BCUT2D eigenvalue weighted by atomic mass is 15.2. The molecule has 2 aliphatic heterocycles. The van der Waals surface area contributed by atoms with Crippen molar-refractivity contribution in [1.29, 1.82) is 0 Å². The van der Waals surface area contributed by atoms with Gasteiger partial charge < -0.3 is 4.90 Å². The van der Waals surface area contributed by atoms with Crippen LogP contribution in [0.4, 0.5) is 0 Å². The van der Waals surface area contributed by atoms with Gasteiger partial charge in [-0.2, -0.15) is 0 Å². The third kappa shape index (κ3) is 1.01. The molecule has 1 heteroatoms. The maximum Gasteiger partial charge on any atom is 0.0127 e. The summed E-state index contributed by atoms with van der Waals surface area (Å²) in [5.74, 6) is 1.89. The largest absolute Gasteiger partial charge is 0.300 e. The Hall–Kier alpha value is -0.0400. The highest BCUT2D eigenvalue weighted by Gasteiger charge is 2.44. The van der Waals surface area contributed by atoms with E-state index in [1.807, 2.05) is 0 Å². The maximum absolute atomic E-state index is 2.62. The monoisotopic (exact) mass is 153 g/mol. The molecule has 11 heavy (non-hydrogen) atoms. The van der Waals surface area contributed by atoms with E-state index in [1.54, 1.807) is 0 Å². The van der Waals surface area contributed by atoms with E-state index in [4.69, 9.17) is 0 Å². The van der Waals surface area contributed by atoms with E-state index in [-0.39, 0.29) is 0 Å². The Kier molecular flexibility index (Phi) is 1.71. The number of hydrogen-bond donors (Lipinski definition) is 0. The first-order valence-electron chi connectivity index (χ1n) is 4.92. The third-order valence-electron chi connectivity index (χ3n) is 3.79. The molecule has 0 aromatic carbocycles. The molecular formula is C10H19N. The Balaban J connectivity index is 2.09.